The molecule has 3 N–H and O–H groups in total. The molecule has 1 amide bonds. The third kappa shape index (κ3) is 2.95. The first-order chi connectivity index (χ1) is 11.4. The quantitative estimate of drug-likeness (QED) is 0.439. The number of imidazole rings is 1. The maximum atomic E-state index is 12.7. The van der Waals surface area contributed by atoms with E-state index in [1.807, 2.05) is 5.43 Å². The molecule has 0 aliphatic heterocycles. The van der Waals surface area contributed by atoms with Gasteiger partial charge in [0.05, 0.1) is 16.6 Å². The second kappa shape index (κ2) is 5.97. The number of hydrogen-bond donors (Lipinski definition) is 2. The molecular formula is C16H13F3N4O. The van der Waals surface area contributed by atoms with Crippen LogP contribution in [0.15, 0.2) is 48.5 Å². The fourth-order valence-electron chi connectivity index (χ4n) is 2.45. The molecule has 0 radical (unpaired) electrons. The lowest BCUT2D eigenvalue weighted by Gasteiger charge is -2.10. The second-order valence-corrected chi connectivity index (χ2v) is 5.15. The minimum Gasteiger partial charge on any atom is -0.314 e. The molecule has 0 spiro atoms. The lowest BCUT2D eigenvalue weighted by molar-refractivity contribution is -0.137. The van der Waals surface area contributed by atoms with Crippen LogP contribution in [0, 0.1) is 0 Å². The predicted molar refractivity (Wildman–Crippen MR) is 82.5 cm³/mol. The van der Waals surface area contributed by atoms with Crippen LogP contribution in [0.5, 0.6) is 0 Å². The number of carbonyl (C=O) groups is 1. The van der Waals surface area contributed by atoms with Gasteiger partial charge in [-0.05, 0) is 24.3 Å². The number of hydrazine groups is 1. The zero-order valence-electron chi connectivity index (χ0n) is 12.3. The molecule has 0 saturated heterocycles. The van der Waals surface area contributed by atoms with Crippen LogP contribution >= 0.6 is 0 Å². The van der Waals surface area contributed by atoms with Gasteiger partial charge in [-0.25, -0.2) is 10.8 Å². The van der Waals surface area contributed by atoms with E-state index in [-0.39, 0.29) is 6.54 Å². The van der Waals surface area contributed by atoms with Gasteiger partial charge in [0.2, 0.25) is 0 Å². The van der Waals surface area contributed by atoms with Gasteiger partial charge in [-0.15, -0.1) is 0 Å². The van der Waals surface area contributed by atoms with E-state index in [2.05, 4.69) is 4.98 Å². The van der Waals surface area contributed by atoms with Crippen molar-refractivity contribution in [1.82, 2.24) is 15.0 Å². The van der Waals surface area contributed by atoms with Crippen molar-refractivity contribution in [3.63, 3.8) is 0 Å². The summed E-state index contributed by atoms with van der Waals surface area (Å²) in [5, 5.41) is 0. The van der Waals surface area contributed by atoms with Gasteiger partial charge in [0, 0.05) is 5.56 Å². The molecule has 0 saturated carbocycles. The Morgan fingerprint density at radius 2 is 1.79 bits per heavy atom. The SMILES string of the molecule is NNC(=O)Cn1c(-c2ccc(C(F)(F)F)cc2)nc2ccccc21. The Balaban J connectivity index is 2.11. The molecule has 0 aliphatic rings. The van der Waals surface area contributed by atoms with Crippen LogP contribution in [0.4, 0.5) is 13.2 Å². The van der Waals surface area contributed by atoms with Crippen molar-refractivity contribution in [1.29, 1.82) is 0 Å². The number of hydrogen-bond acceptors (Lipinski definition) is 3. The Bertz CT molecular complexity index is 884. The Hall–Kier alpha value is -2.87. The van der Waals surface area contributed by atoms with Crippen LogP contribution in [0.3, 0.4) is 0 Å². The molecule has 0 aliphatic carbocycles. The summed E-state index contributed by atoms with van der Waals surface area (Å²) in [4.78, 5) is 16.1. The van der Waals surface area contributed by atoms with Gasteiger partial charge in [0.15, 0.2) is 0 Å². The summed E-state index contributed by atoms with van der Waals surface area (Å²) in [6.07, 6.45) is -4.40. The molecule has 24 heavy (non-hydrogen) atoms. The highest BCUT2D eigenvalue weighted by Crippen LogP contribution is 2.31. The standard InChI is InChI=1S/C16H13F3N4O/c17-16(18,19)11-7-5-10(6-8-11)15-21-12-3-1-2-4-13(12)23(15)9-14(24)22-20/h1-8H,9,20H2,(H,22,24). The third-order valence-corrected chi connectivity index (χ3v) is 3.59. The van der Waals surface area contributed by atoms with E-state index in [1.165, 1.54) is 12.1 Å². The molecule has 1 aromatic heterocycles. The predicted octanol–water partition coefficient (Wildman–Crippen LogP) is 2.71. The number of nitrogens with one attached hydrogen (secondary N) is 1. The van der Waals surface area contributed by atoms with Crippen LogP contribution in [0.1, 0.15) is 5.56 Å². The van der Waals surface area contributed by atoms with Crippen molar-refractivity contribution in [3.8, 4) is 11.4 Å². The minimum absolute atomic E-state index is 0.0899. The van der Waals surface area contributed by atoms with Gasteiger partial charge in [-0.3, -0.25) is 10.2 Å². The molecule has 5 nitrogen and oxygen atoms in total. The van der Waals surface area contributed by atoms with Crippen LogP contribution < -0.4 is 11.3 Å². The number of nitrogens with two attached hydrogens (primary N) is 1. The molecule has 3 rings (SSSR count). The molecule has 124 valence electrons. The summed E-state index contributed by atoms with van der Waals surface area (Å²) in [7, 11) is 0. The van der Waals surface area contributed by atoms with E-state index in [0.717, 1.165) is 12.1 Å². The van der Waals surface area contributed by atoms with Crippen molar-refractivity contribution in [2.75, 3.05) is 0 Å². The molecule has 0 bridgehead atoms. The minimum atomic E-state index is -4.40. The number of benzene rings is 2. The summed E-state index contributed by atoms with van der Waals surface area (Å²) < 4.78 is 39.7. The molecular weight excluding hydrogens is 321 g/mol. The number of rotatable bonds is 3. The highest BCUT2D eigenvalue weighted by atomic mass is 19.4. The zero-order chi connectivity index (χ0) is 17.3. The smallest absolute Gasteiger partial charge is 0.314 e. The van der Waals surface area contributed by atoms with Gasteiger partial charge in [0.1, 0.15) is 12.4 Å². The molecule has 2 aromatic carbocycles. The van der Waals surface area contributed by atoms with Crippen molar-refractivity contribution in [2.24, 2.45) is 5.84 Å². The lowest BCUT2D eigenvalue weighted by Crippen LogP contribution is -2.33. The van der Waals surface area contributed by atoms with Gasteiger partial charge < -0.3 is 4.57 Å². The maximum Gasteiger partial charge on any atom is 0.416 e. The van der Waals surface area contributed by atoms with Crippen molar-refractivity contribution >= 4 is 16.9 Å². The maximum absolute atomic E-state index is 12.7. The van der Waals surface area contributed by atoms with Crippen LogP contribution in [0.2, 0.25) is 0 Å². The summed E-state index contributed by atoms with van der Waals surface area (Å²) in [5.41, 5.74) is 3.10. The summed E-state index contributed by atoms with van der Waals surface area (Å²) in [6.45, 7) is -0.0899. The zero-order valence-corrected chi connectivity index (χ0v) is 12.3. The van der Waals surface area contributed by atoms with E-state index >= 15 is 0 Å². The number of alkyl halides is 3. The molecule has 0 unspecified atom stereocenters. The summed E-state index contributed by atoms with van der Waals surface area (Å²) in [5.74, 6) is 5.09. The van der Waals surface area contributed by atoms with Crippen molar-refractivity contribution in [2.45, 2.75) is 12.7 Å². The number of aromatic nitrogens is 2. The fourth-order valence-corrected chi connectivity index (χ4v) is 2.45. The Morgan fingerprint density at radius 3 is 2.42 bits per heavy atom. The van der Waals surface area contributed by atoms with Crippen LogP contribution in [0.25, 0.3) is 22.4 Å². The highest BCUT2D eigenvalue weighted by molar-refractivity contribution is 5.84. The first-order valence-corrected chi connectivity index (χ1v) is 7.02. The molecule has 3 aromatic rings. The van der Waals surface area contributed by atoms with Crippen molar-refractivity contribution in [3.05, 3.63) is 54.1 Å². The van der Waals surface area contributed by atoms with E-state index < -0.39 is 17.6 Å². The van der Waals surface area contributed by atoms with Gasteiger partial charge >= 0.3 is 6.18 Å². The molecule has 8 heteroatoms. The monoisotopic (exact) mass is 334 g/mol. The first-order valence-electron chi connectivity index (χ1n) is 7.02. The van der Waals surface area contributed by atoms with Gasteiger partial charge in [-0.2, -0.15) is 13.2 Å². The average molecular weight is 334 g/mol. The molecule has 0 fully saturated rings. The number of nitrogens with zero attached hydrogens (tertiary/aromatic N) is 2. The van der Waals surface area contributed by atoms with E-state index in [4.69, 9.17) is 5.84 Å². The number of halogens is 3. The number of carbonyl (C=O) groups excluding carboxylic acids is 1. The Morgan fingerprint density at radius 1 is 1.12 bits per heavy atom. The topological polar surface area (TPSA) is 72.9 Å². The average Bonchev–Trinajstić information content (AvgIpc) is 2.93. The summed E-state index contributed by atoms with van der Waals surface area (Å²) in [6, 6.07) is 11.8. The van der Waals surface area contributed by atoms with Crippen LogP contribution in [-0.2, 0) is 17.5 Å². The van der Waals surface area contributed by atoms with Crippen LogP contribution in [-0.4, -0.2) is 15.5 Å². The number of para-hydroxylation sites is 2. The highest BCUT2D eigenvalue weighted by Gasteiger charge is 2.30. The third-order valence-electron chi connectivity index (χ3n) is 3.59. The number of amides is 1. The van der Waals surface area contributed by atoms with Gasteiger partial charge in [-0.1, -0.05) is 24.3 Å². The normalized spacial score (nSPS) is 11.7. The number of fused-ring (bicyclic) bond motifs is 1. The molecule has 1 heterocycles. The Labute approximate surface area is 134 Å². The first kappa shape index (κ1) is 16.0. The summed E-state index contributed by atoms with van der Waals surface area (Å²) >= 11 is 0. The molecule has 0 atom stereocenters. The van der Waals surface area contributed by atoms with E-state index in [1.54, 1.807) is 28.8 Å². The lowest BCUT2D eigenvalue weighted by atomic mass is 10.1. The van der Waals surface area contributed by atoms with E-state index in [9.17, 15) is 18.0 Å². The van der Waals surface area contributed by atoms with E-state index in [0.29, 0.717) is 22.4 Å². The Kier molecular flexibility index (Phi) is 3.98. The largest absolute Gasteiger partial charge is 0.416 e. The second-order valence-electron chi connectivity index (χ2n) is 5.15. The fraction of sp³-hybridized carbons (Fsp3) is 0.125. The van der Waals surface area contributed by atoms with Gasteiger partial charge in [0.25, 0.3) is 5.91 Å². The van der Waals surface area contributed by atoms with Crippen molar-refractivity contribution < 1.29 is 18.0 Å².